The Hall–Kier alpha value is -1.83. The van der Waals surface area contributed by atoms with Crippen molar-refractivity contribution in [3.63, 3.8) is 0 Å². The van der Waals surface area contributed by atoms with Gasteiger partial charge in [-0.3, -0.25) is 4.90 Å². The van der Waals surface area contributed by atoms with Gasteiger partial charge < -0.3 is 9.84 Å². The summed E-state index contributed by atoms with van der Waals surface area (Å²) >= 11 is 2.94. The Labute approximate surface area is 208 Å². The molecule has 1 saturated carbocycles. The van der Waals surface area contributed by atoms with Crippen LogP contribution < -0.4 is 0 Å². The summed E-state index contributed by atoms with van der Waals surface area (Å²) < 4.78 is 32.1. The Morgan fingerprint density at radius 3 is 2.29 bits per heavy atom. The summed E-state index contributed by atoms with van der Waals surface area (Å²) in [6.45, 7) is 0. The average molecular weight is 536 g/mol. The van der Waals surface area contributed by atoms with Crippen molar-refractivity contribution in [1.29, 1.82) is 0 Å². The first-order valence-corrected chi connectivity index (χ1v) is 13.4. The monoisotopic (exact) mass is 535 g/mol. The number of benzene rings is 2. The van der Waals surface area contributed by atoms with Crippen LogP contribution in [0.2, 0.25) is 0 Å². The van der Waals surface area contributed by atoms with E-state index in [1.54, 1.807) is 30.3 Å². The second-order valence-corrected chi connectivity index (χ2v) is 9.65. The van der Waals surface area contributed by atoms with Gasteiger partial charge in [0.1, 0.15) is 6.10 Å². The molecule has 4 nitrogen and oxygen atoms in total. The number of alkyl halides is 3. The number of rotatable bonds is 6. The minimum absolute atomic E-state index is 0.0949. The van der Waals surface area contributed by atoms with Crippen LogP contribution in [0.25, 0.3) is 0 Å². The van der Waals surface area contributed by atoms with Gasteiger partial charge in [-0.1, -0.05) is 70.5 Å². The number of carbonyl (C=O) groups is 1. The van der Waals surface area contributed by atoms with Gasteiger partial charge in [0.2, 0.25) is 5.60 Å². The maximum atomic E-state index is 13.5. The molecule has 2 aliphatic heterocycles. The van der Waals surface area contributed by atoms with E-state index in [4.69, 9.17) is 4.74 Å². The van der Waals surface area contributed by atoms with E-state index in [2.05, 4.69) is 27.9 Å². The molecule has 5 rings (SSSR count). The fraction of sp³-hybridized carbons (Fsp3) is 0.519. The number of hydrogen-bond donors (Lipinski definition) is 1. The highest BCUT2D eigenvalue weighted by Crippen LogP contribution is 2.55. The van der Waals surface area contributed by atoms with Crippen LogP contribution in [0.4, 0.5) is 8.78 Å². The predicted octanol–water partition coefficient (Wildman–Crippen LogP) is 5.82. The molecule has 3 aliphatic rings. The molecule has 2 heterocycles. The summed E-state index contributed by atoms with van der Waals surface area (Å²) in [6.07, 6.45) is 3.35. The molecular weight excluding hydrogens is 504 g/mol. The van der Waals surface area contributed by atoms with E-state index in [1.807, 2.05) is 5.83 Å². The maximum absolute atomic E-state index is 13.5. The molecule has 184 valence electrons. The first-order chi connectivity index (χ1) is 16.3. The molecule has 0 amide bonds. The smallest absolute Gasteiger partial charge is 0.347 e. The number of fused-ring (bicyclic) bond motifs is 2. The third-order valence-corrected chi connectivity index (χ3v) is 7.96. The van der Waals surface area contributed by atoms with E-state index >= 15 is 0 Å². The first-order valence-electron chi connectivity index (χ1n) is 11.8. The van der Waals surface area contributed by atoms with Crippen molar-refractivity contribution < 1.29 is 23.4 Å². The predicted molar refractivity (Wildman–Crippen MR) is 131 cm³/mol. The number of aliphatic hydroxyl groups is 1. The molecule has 1 N–H and O–H groups in total. The molecule has 0 spiro atoms. The molecule has 0 radical (unpaired) electrons. The molecule has 1 aliphatic carbocycles. The molecule has 0 aromatic heterocycles. The minimum Gasteiger partial charge on any atom is -0.460 e. The number of nitrogens with zero attached hydrogens (tertiary/aromatic N) is 1. The highest BCUT2D eigenvalue weighted by Gasteiger charge is 2.58. The van der Waals surface area contributed by atoms with E-state index < -0.39 is 18.0 Å². The minimum atomic E-state index is -2.62. The van der Waals surface area contributed by atoms with Gasteiger partial charge in [-0.15, -0.1) is 0 Å². The molecule has 4 atom stereocenters. The van der Waals surface area contributed by atoms with Gasteiger partial charge in [-0.25, -0.2) is 13.6 Å². The number of ether oxygens (including phenoxy) is 1. The standard InChI is InChI=1S/C26H29F2NO3.CH3Br/c1-29-21-13-14-25(29,18-11-12-18)16-22(15-21)32-24(30)26(31,19-5-3-2-4-6-19)20-9-7-17(8-10-20)23(27)28;1-2/h2-10,18,21-23,31H,11-16H2,1H3;1H3. The molecule has 4 unspecified atom stereocenters. The topological polar surface area (TPSA) is 49.8 Å². The van der Waals surface area contributed by atoms with Gasteiger partial charge >= 0.3 is 5.97 Å². The van der Waals surface area contributed by atoms with Crippen LogP contribution in [0.15, 0.2) is 54.6 Å². The Morgan fingerprint density at radius 1 is 1.09 bits per heavy atom. The maximum Gasteiger partial charge on any atom is 0.347 e. The van der Waals surface area contributed by atoms with E-state index in [1.165, 1.54) is 37.1 Å². The molecule has 3 fully saturated rings. The van der Waals surface area contributed by atoms with Crippen LogP contribution in [-0.4, -0.2) is 46.5 Å². The third kappa shape index (κ3) is 4.42. The molecule has 7 heteroatoms. The highest BCUT2D eigenvalue weighted by atomic mass is 79.9. The Morgan fingerprint density at radius 2 is 1.71 bits per heavy atom. The number of carbonyl (C=O) groups excluding carboxylic acids is 1. The number of halogens is 3. The van der Waals surface area contributed by atoms with Gasteiger partial charge in [0, 0.05) is 30.0 Å². The fourth-order valence-corrected chi connectivity index (χ4v) is 6.01. The zero-order chi connectivity index (χ0) is 24.5. The molecule has 2 aromatic carbocycles. The third-order valence-electron chi connectivity index (χ3n) is 7.96. The second kappa shape index (κ2) is 10.0. The Bertz CT molecular complexity index is 985. The zero-order valence-electron chi connectivity index (χ0n) is 19.6. The molecule has 34 heavy (non-hydrogen) atoms. The van der Waals surface area contributed by atoms with Crippen molar-refractivity contribution in [3.05, 3.63) is 71.3 Å². The summed E-state index contributed by atoms with van der Waals surface area (Å²) in [5, 5.41) is 11.7. The average Bonchev–Trinajstić information content (AvgIpc) is 3.69. The van der Waals surface area contributed by atoms with Crippen LogP contribution in [0.1, 0.15) is 61.6 Å². The highest BCUT2D eigenvalue weighted by molar-refractivity contribution is 9.08. The van der Waals surface area contributed by atoms with Gasteiger partial charge in [0.25, 0.3) is 6.43 Å². The van der Waals surface area contributed by atoms with Crippen LogP contribution in [-0.2, 0) is 15.1 Å². The van der Waals surface area contributed by atoms with E-state index in [9.17, 15) is 18.7 Å². The van der Waals surface area contributed by atoms with Gasteiger partial charge in [0.15, 0.2) is 0 Å². The van der Waals surface area contributed by atoms with Gasteiger partial charge in [-0.2, -0.15) is 0 Å². The lowest BCUT2D eigenvalue weighted by molar-refractivity contribution is -0.173. The molecular formula is C27H32BrF2NO3. The summed E-state index contributed by atoms with van der Waals surface area (Å²) in [7, 11) is 2.19. The molecule has 2 bridgehead atoms. The van der Waals surface area contributed by atoms with Crippen molar-refractivity contribution >= 4 is 21.9 Å². The van der Waals surface area contributed by atoms with Crippen LogP contribution in [0, 0.1) is 5.92 Å². The quantitative estimate of drug-likeness (QED) is 0.374. The van der Waals surface area contributed by atoms with Crippen molar-refractivity contribution in [2.24, 2.45) is 5.92 Å². The molecule has 2 saturated heterocycles. The summed E-state index contributed by atoms with van der Waals surface area (Å²) in [6, 6.07) is 14.2. The summed E-state index contributed by atoms with van der Waals surface area (Å²) in [4.78, 5) is 16.0. The number of piperidine rings is 1. The van der Waals surface area contributed by atoms with Crippen molar-refractivity contribution in [2.75, 3.05) is 12.9 Å². The van der Waals surface area contributed by atoms with Crippen LogP contribution >= 0.6 is 15.9 Å². The van der Waals surface area contributed by atoms with Crippen molar-refractivity contribution in [1.82, 2.24) is 4.90 Å². The van der Waals surface area contributed by atoms with Crippen molar-refractivity contribution in [2.45, 2.75) is 68.2 Å². The normalized spacial score (nSPS) is 28.1. The van der Waals surface area contributed by atoms with E-state index in [0.717, 1.165) is 25.7 Å². The number of esters is 1. The first kappa shape index (κ1) is 25.3. The second-order valence-electron chi connectivity index (χ2n) is 9.65. The lowest BCUT2D eigenvalue weighted by Gasteiger charge is -2.46. The number of hydrogen-bond acceptors (Lipinski definition) is 4. The summed E-state index contributed by atoms with van der Waals surface area (Å²) in [5.41, 5.74) is -1.53. The largest absolute Gasteiger partial charge is 0.460 e. The fourth-order valence-electron chi connectivity index (χ4n) is 6.01. The van der Waals surface area contributed by atoms with Crippen LogP contribution in [0.3, 0.4) is 0 Å². The lowest BCUT2D eigenvalue weighted by Crippen LogP contribution is -2.55. The van der Waals surface area contributed by atoms with E-state index in [-0.39, 0.29) is 22.8 Å². The molecule has 2 aromatic rings. The Balaban J connectivity index is 0.00000133. The van der Waals surface area contributed by atoms with Gasteiger partial charge in [-0.05, 0) is 55.6 Å². The van der Waals surface area contributed by atoms with Crippen LogP contribution in [0.5, 0.6) is 0 Å². The van der Waals surface area contributed by atoms with Gasteiger partial charge in [0.05, 0.1) is 0 Å². The SMILES string of the molecule is CBr.CN1C2CCC1(C1CC1)CC(OC(=O)C(O)(c1ccccc1)c1ccc(C(F)F)cc1)C2. The lowest BCUT2D eigenvalue weighted by atomic mass is 9.82. The Kier molecular flexibility index (Phi) is 7.46. The van der Waals surface area contributed by atoms with E-state index in [0.29, 0.717) is 17.5 Å². The zero-order valence-corrected chi connectivity index (χ0v) is 21.2. The van der Waals surface area contributed by atoms with Crippen molar-refractivity contribution in [3.8, 4) is 0 Å². The summed E-state index contributed by atoms with van der Waals surface area (Å²) in [5.74, 6) is 1.73.